The number of carbonyl (C=O) groups is 2. The van der Waals surface area contributed by atoms with E-state index in [1.54, 1.807) is 0 Å². The Morgan fingerprint density at radius 2 is 1.62 bits per heavy atom. The van der Waals surface area contributed by atoms with Crippen LogP contribution in [-0.2, 0) is 38.7 Å². The fourth-order valence-electron chi connectivity index (χ4n) is 3.98. The monoisotopic (exact) mass is 567 g/mol. The number of esters is 2. The van der Waals surface area contributed by atoms with Crippen LogP contribution in [0, 0.1) is 5.82 Å². The van der Waals surface area contributed by atoms with Crippen molar-refractivity contribution in [1.29, 1.82) is 0 Å². The van der Waals surface area contributed by atoms with Gasteiger partial charge in [-0.15, -0.1) is 0 Å². The van der Waals surface area contributed by atoms with Crippen molar-refractivity contribution in [2.75, 3.05) is 13.2 Å². The van der Waals surface area contributed by atoms with Crippen molar-refractivity contribution in [2.24, 2.45) is 0 Å². The van der Waals surface area contributed by atoms with E-state index in [1.165, 1.54) is 38.1 Å². The molecule has 0 spiro atoms. The highest BCUT2D eigenvalue weighted by Gasteiger charge is 2.43. The summed E-state index contributed by atoms with van der Waals surface area (Å²) in [5, 5.41) is 3.15. The molecule has 2 aromatic carbocycles. The maximum atomic E-state index is 15.3. The van der Waals surface area contributed by atoms with Gasteiger partial charge in [0.05, 0.1) is 31.5 Å². The van der Waals surface area contributed by atoms with Crippen molar-refractivity contribution in [3.63, 3.8) is 0 Å². The molecule has 0 radical (unpaired) electrons. The van der Waals surface area contributed by atoms with Gasteiger partial charge in [-0.05, 0) is 31.2 Å². The van der Waals surface area contributed by atoms with Crippen LogP contribution in [0.3, 0.4) is 0 Å². The number of dihydropyridines is 1. The second kappa shape index (κ2) is 9.77. The van der Waals surface area contributed by atoms with Crippen LogP contribution in [0.1, 0.15) is 19.4 Å². The standard InChI is InChI=1S/C24H19ClFNO8S2/c1-13-20(24(29)35-11-10-34-14(2)28)22(21-15(25)6-5-7-16(21)26)23-17(27-13)12-36(30,31)18-8-3-4-9-19(18)37(23,32)33/h3-9,12,27H,10-11H2,1-2H3. The van der Waals surface area contributed by atoms with Gasteiger partial charge in [0, 0.05) is 23.8 Å². The van der Waals surface area contributed by atoms with Crippen molar-refractivity contribution >= 4 is 48.8 Å². The second-order valence-electron chi connectivity index (χ2n) is 7.93. The molecule has 4 rings (SSSR count). The number of rotatable bonds is 5. The molecule has 0 saturated heterocycles. The predicted octanol–water partition coefficient (Wildman–Crippen LogP) is 3.28. The number of allylic oxidation sites excluding steroid dienone is 1. The maximum Gasteiger partial charge on any atom is 0.340 e. The van der Waals surface area contributed by atoms with Crippen LogP contribution in [0.2, 0.25) is 5.02 Å². The Morgan fingerprint density at radius 3 is 2.27 bits per heavy atom. The molecule has 194 valence electrons. The highest BCUT2D eigenvalue weighted by molar-refractivity contribution is 7.99. The van der Waals surface area contributed by atoms with Gasteiger partial charge in [0.1, 0.15) is 23.9 Å². The minimum atomic E-state index is -4.67. The average molecular weight is 568 g/mol. The molecular formula is C24H19ClFNO8S2. The third-order valence-corrected chi connectivity index (χ3v) is 9.30. The Bertz CT molecular complexity index is 1640. The number of nitrogens with one attached hydrogen (secondary N) is 1. The van der Waals surface area contributed by atoms with Gasteiger partial charge in [-0.3, -0.25) is 4.79 Å². The SMILES string of the molecule is CC(=O)OCCOC(=O)C1=C(C)NC2=CS(=O)(=O)c3ccccc3S(=O)(=O)C2=C1c1c(F)cccc1Cl. The van der Waals surface area contributed by atoms with Crippen molar-refractivity contribution in [3.05, 3.63) is 86.1 Å². The van der Waals surface area contributed by atoms with Gasteiger partial charge < -0.3 is 14.8 Å². The lowest BCUT2D eigenvalue weighted by Gasteiger charge is -2.27. The van der Waals surface area contributed by atoms with Crippen LogP contribution >= 0.6 is 11.6 Å². The Hall–Kier alpha value is -3.48. The van der Waals surface area contributed by atoms with E-state index in [0.717, 1.165) is 18.2 Å². The van der Waals surface area contributed by atoms with Crippen LogP contribution in [0.25, 0.3) is 5.57 Å². The number of hydrogen-bond donors (Lipinski definition) is 1. The summed E-state index contributed by atoms with van der Waals surface area (Å²) in [6.07, 6.45) is 0. The summed E-state index contributed by atoms with van der Waals surface area (Å²) in [5.74, 6) is -2.63. The van der Waals surface area contributed by atoms with Crippen LogP contribution < -0.4 is 5.32 Å². The number of ether oxygens (including phenoxy) is 2. The number of benzene rings is 2. The highest BCUT2D eigenvalue weighted by atomic mass is 35.5. The van der Waals surface area contributed by atoms with E-state index in [0.29, 0.717) is 5.41 Å². The van der Waals surface area contributed by atoms with Gasteiger partial charge in [0.2, 0.25) is 19.7 Å². The maximum absolute atomic E-state index is 15.3. The molecule has 2 aliphatic rings. The minimum Gasteiger partial charge on any atom is -0.462 e. The lowest BCUT2D eigenvalue weighted by Crippen LogP contribution is -2.29. The van der Waals surface area contributed by atoms with Crippen LogP contribution in [-0.4, -0.2) is 42.0 Å². The van der Waals surface area contributed by atoms with Crippen LogP contribution in [0.15, 0.2) is 79.5 Å². The molecule has 0 fully saturated rings. The molecular weight excluding hydrogens is 549 g/mol. The van der Waals surface area contributed by atoms with E-state index in [9.17, 15) is 26.4 Å². The molecule has 0 unspecified atom stereocenters. The summed E-state index contributed by atoms with van der Waals surface area (Å²) in [6, 6.07) is 8.56. The molecule has 2 heterocycles. The summed E-state index contributed by atoms with van der Waals surface area (Å²) in [7, 11) is -8.96. The molecule has 0 bridgehead atoms. The van der Waals surface area contributed by atoms with E-state index in [4.69, 9.17) is 21.1 Å². The van der Waals surface area contributed by atoms with Gasteiger partial charge in [-0.2, -0.15) is 0 Å². The predicted molar refractivity (Wildman–Crippen MR) is 131 cm³/mol. The summed E-state index contributed by atoms with van der Waals surface area (Å²) in [6.45, 7) is 1.88. The van der Waals surface area contributed by atoms with E-state index < -0.39 is 63.3 Å². The van der Waals surface area contributed by atoms with Crippen molar-refractivity contribution in [2.45, 2.75) is 23.6 Å². The molecule has 1 N–H and O–H groups in total. The topological polar surface area (TPSA) is 133 Å². The molecule has 0 amide bonds. The van der Waals surface area contributed by atoms with Gasteiger partial charge in [0.25, 0.3) is 0 Å². The number of hydrogen-bond acceptors (Lipinski definition) is 9. The lowest BCUT2D eigenvalue weighted by molar-refractivity contribution is -0.148. The van der Waals surface area contributed by atoms with E-state index >= 15 is 4.39 Å². The fraction of sp³-hybridized carbons (Fsp3) is 0.167. The third kappa shape index (κ3) is 4.79. The third-order valence-electron chi connectivity index (χ3n) is 5.44. The Morgan fingerprint density at radius 1 is 0.973 bits per heavy atom. The molecule has 0 atom stereocenters. The van der Waals surface area contributed by atoms with Crippen molar-refractivity contribution in [1.82, 2.24) is 5.32 Å². The largest absolute Gasteiger partial charge is 0.462 e. The number of halogens is 2. The molecule has 9 nitrogen and oxygen atoms in total. The average Bonchev–Trinajstić information content (AvgIpc) is 2.87. The first-order valence-electron chi connectivity index (χ1n) is 10.6. The quantitative estimate of drug-likeness (QED) is 0.427. The Kier molecular flexibility index (Phi) is 7.01. The molecule has 0 saturated carbocycles. The summed E-state index contributed by atoms with van der Waals surface area (Å²) in [5.41, 5.74) is -1.69. The summed E-state index contributed by atoms with van der Waals surface area (Å²) < 4.78 is 79.3. The zero-order valence-corrected chi connectivity index (χ0v) is 21.8. The Balaban J connectivity index is 2.06. The minimum absolute atomic E-state index is 0.0156. The first-order chi connectivity index (χ1) is 17.4. The Labute approximate surface area is 217 Å². The van der Waals surface area contributed by atoms with Crippen LogP contribution in [0.5, 0.6) is 0 Å². The first-order valence-corrected chi connectivity index (χ1v) is 14.1. The molecule has 0 aromatic heterocycles. The van der Waals surface area contributed by atoms with E-state index in [1.807, 2.05) is 0 Å². The van der Waals surface area contributed by atoms with Crippen molar-refractivity contribution < 1.29 is 40.3 Å². The zero-order chi connectivity index (χ0) is 27.1. The molecule has 0 aliphatic carbocycles. The second-order valence-corrected chi connectivity index (χ2v) is 12.0. The van der Waals surface area contributed by atoms with E-state index in [-0.39, 0.29) is 35.2 Å². The highest BCUT2D eigenvalue weighted by Crippen LogP contribution is 2.46. The van der Waals surface area contributed by atoms with Gasteiger partial charge in [-0.25, -0.2) is 26.0 Å². The van der Waals surface area contributed by atoms with Crippen molar-refractivity contribution in [3.8, 4) is 0 Å². The molecule has 13 heteroatoms. The lowest BCUT2D eigenvalue weighted by atomic mass is 9.92. The number of sulfone groups is 2. The number of carbonyl (C=O) groups excluding carboxylic acids is 2. The van der Waals surface area contributed by atoms with E-state index in [2.05, 4.69) is 5.32 Å². The molecule has 37 heavy (non-hydrogen) atoms. The molecule has 2 aliphatic heterocycles. The molecule has 2 aromatic rings. The normalized spacial score (nSPS) is 17.6. The fourth-order valence-corrected chi connectivity index (χ4v) is 7.90. The van der Waals surface area contributed by atoms with Gasteiger partial charge in [-0.1, -0.05) is 29.8 Å². The van der Waals surface area contributed by atoms with Gasteiger partial charge in [0.15, 0.2) is 0 Å². The van der Waals surface area contributed by atoms with Gasteiger partial charge >= 0.3 is 11.9 Å². The number of fused-ring (bicyclic) bond motifs is 2. The smallest absolute Gasteiger partial charge is 0.340 e. The summed E-state index contributed by atoms with van der Waals surface area (Å²) >= 11 is 6.30. The van der Waals surface area contributed by atoms with Crippen LogP contribution in [0.4, 0.5) is 4.39 Å². The zero-order valence-electron chi connectivity index (χ0n) is 19.4. The summed E-state index contributed by atoms with van der Waals surface area (Å²) in [4.78, 5) is 22.5. The first kappa shape index (κ1) is 26.6.